The van der Waals surface area contributed by atoms with Gasteiger partial charge in [0.25, 0.3) is 0 Å². The van der Waals surface area contributed by atoms with Crippen LogP contribution in [0.25, 0.3) is 0 Å². The van der Waals surface area contributed by atoms with Crippen molar-refractivity contribution < 1.29 is 18.9 Å². The van der Waals surface area contributed by atoms with E-state index in [0.717, 1.165) is 12.8 Å². The quantitative estimate of drug-likeness (QED) is 0.499. The predicted molar refractivity (Wildman–Crippen MR) is 89.6 cm³/mol. The summed E-state index contributed by atoms with van der Waals surface area (Å²) in [4.78, 5) is 24.9. The highest BCUT2D eigenvalue weighted by molar-refractivity contribution is 7.84. The van der Waals surface area contributed by atoms with Crippen LogP contribution in [0.1, 0.15) is 44.1 Å². The van der Waals surface area contributed by atoms with Gasteiger partial charge in [0.05, 0.1) is 16.4 Å². The third-order valence-corrected chi connectivity index (χ3v) is 5.77. The second-order valence-electron chi connectivity index (χ2n) is 6.27. The number of ketones is 2. The monoisotopic (exact) mass is 370 g/mol. The summed E-state index contributed by atoms with van der Waals surface area (Å²) in [6.45, 7) is 2.35. The molecule has 1 unspecified atom stereocenters. The standard InChI is InChI=1S/C16H19ClN2O4S/c1-3-19-16(24(2)23)12(15(17)18-19)9-6-10(20)13(11(21)7-9)14(22)8-4-5-8/h8-9,22H,3-7H2,1-2H3. The summed E-state index contributed by atoms with van der Waals surface area (Å²) in [6.07, 6.45) is 3.29. The first-order valence-corrected chi connectivity index (χ1v) is 9.87. The minimum absolute atomic E-state index is 0.0467. The van der Waals surface area contributed by atoms with Gasteiger partial charge in [0.2, 0.25) is 0 Å². The highest BCUT2D eigenvalue weighted by Crippen LogP contribution is 2.42. The van der Waals surface area contributed by atoms with Gasteiger partial charge < -0.3 is 5.11 Å². The van der Waals surface area contributed by atoms with E-state index in [1.165, 1.54) is 6.26 Å². The Morgan fingerprint density at radius 3 is 2.38 bits per heavy atom. The fraction of sp³-hybridized carbons (Fsp3) is 0.562. The fourth-order valence-electron chi connectivity index (χ4n) is 3.22. The smallest absolute Gasteiger partial charge is 0.170 e. The molecule has 3 rings (SSSR count). The number of carbonyl (C=O) groups is 2. The predicted octanol–water partition coefficient (Wildman–Crippen LogP) is 2.53. The molecule has 1 heterocycles. The molecule has 1 atom stereocenters. The number of Topliss-reactive ketones (excluding diaryl/α,β-unsaturated/α-hetero) is 2. The van der Waals surface area contributed by atoms with Gasteiger partial charge in [0.1, 0.15) is 10.8 Å². The first-order valence-electron chi connectivity index (χ1n) is 7.94. The number of aliphatic hydroxyl groups excluding tert-OH is 1. The van der Waals surface area contributed by atoms with Gasteiger partial charge in [0, 0.05) is 43.0 Å². The van der Waals surface area contributed by atoms with Crippen molar-refractivity contribution in [3.8, 4) is 0 Å². The fourth-order valence-corrected chi connectivity index (χ4v) is 4.65. The largest absolute Gasteiger partial charge is 0.511 e. The van der Waals surface area contributed by atoms with Crippen LogP contribution in [0.2, 0.25) is 5.15 Å². The number of aryl methyl sites for hydroxylation is 1. The molecule has 0 spiro atoms. The molecule has 1 aromatic rings. The van der Waals surface area contributed by atoms with Crippen LogP contribution in [0.3, 0.4) is 0 Å². The number of aliphatic hydroxyl groups is 1. The molecule has 0 aliphatic heterocycles. The Labute approximate surface area is 147 Å². The average Bonchev–Trinajstić information content (AvgIpc) is 3.29. The number of halogens is 1. The molecule has 0 radical (unpaired) electrons. The Bertz CT molecular complexity index is 759. The molecular formula is C16H19ClN2O4S. The number of rotatable bonds is 4. The van der Waals surface area contributed by atoms with Crippen LogP contribution < -0.4 is 0 Å². The molecule has 0 aromatic carbocycles. The average molecular weight is 371 g/mol. The van der Waals surface area contributed by atoms with E-state index in [1.807, 2.05) is 6.92 Å². The molecule has 2 fully saturated rings. The molecule has 1 N–H and O–H groups in total. The first kappa shape index (κ1) is 17.4. The molecule has 2 aliphatic carbocycles. The maximum atomic E-state index is 12.4. The molecule has 0 amide bonds. The zero-order valence-corrected chi connectivity index (χ0v) is 15.1. The van der Waals surface area contributed by atoms with Gasteiger partial charge >= 0.3 is 0 Å². The van der Waals surface area contributed by atoms with Gasteiger partial charge in [-0.05, 0) is 19.8 Å². The summed E-state index contributed by atoms with van der Waals surface area (Å²) in [7, 11) is -1.34. The number of hydrogen-bond acceptors (Lipinski definition) is 5. The Kier molecular flexibility index (Phi) is 4.66. The third-order valence-electron chi connectivity index (χ3n) is 4.52. The molecule has 2 saturated carbocycles. The highest BCUT2D eigenvalue weighted by atomic mass is 35.5. The van der Waals surface area contributed by atoms with Gasteiger partial charge in [-0.1, -0.05) is 11.6 Å². The summed E-state index contributed by atoms with van der Waals surface area (Å²) in [5.41, 5.74) is 0.470. The molecule has 0 saturated heterocycles. The van der Waals surface area contributed by atoms with Crippen LogP contribution in [-0.4, -0.2) is 36.9 Å². The zero-order valence-electron chi connectivity index (χ0n) is 13.5. The summed E-state index contributed by atoms with van der Waals surface area (Å²) in [5, 5.41) is 14.9. The van der Waals surface area contributed by atoms with Gasteiger partial charge in [-0.2, -0.15) is 5.10 Å². The van der Waals surface area contributed by atoms with Crippen molar-refractivity contribution in [2.75, 3.05) is 6.26 Å². The van der Waals surface area contributed by atoms with E-state index in [0.29, 0.717) is 17.1 Å². The molecule has 130 valence electrons. The lowest BCUT2D eigenvalue weighted by Gasteiger charge is -2.23. The zero-order chi connectivity index (χ0) is 17.6. The van der Waals surface area contributed by atoms with Crippen LogP contribution in [0.5, 0.6) is 0 Å². The van der Waals surface area contributed by atoms with Crippen molar-refractivity contribution in [1.82, 2.24) is 9.78 Å². The van der Waals surface area contributed by atoms with Gasteiger partial charge in [-0.25, -0.2) is 0 Å². The third kappa shape index (κ3) is 2.95. The van der Waals surface area contributed by atoms with Gasteiger partial charge in [0.15, 0.2) is 16.7 Å². The van der Waals surface area contributed by atoms with E-state index in [2.05, 4.69) is 5.10 Å². The molecule has 24 heavy (non-hydrogen) atoms. The van der Waals surface area contributed by atoms with E-state index in [4.69, 9.17) is 11.6 Å². The Morgan fingerprint density at radius 2 is 1.92 bits per heavy atom. The molecule has 8 heteroatoms. The van der Waals surface area contributed by atoms with E-state index in [1.54, 1.807) is 4.68 Å². The highest BCUT2D eigenvalue weighted by Gasteiger charge is 2.40. The Hall–Kier alpha value is -1.47. The van der Waals surface area contributed by atoms with Crippen molar-refractivity contribution in [1.29, 1.82) is 0 Å². The SMILES string of the molecule is CCn1nc(Cl)c(C2CC(=O)C(=C(O)C3CC3)C(=O)C2)c1S(C)=O. The normalized spacial score (nSPS) is 22.8. The van der Waals surface area contributed by atoms with E-state index in [-0.39, 0.29) is 46.8 Å². The van der Waals surface area contributed by atoms with Crippen LogP contribution >= 0.6 is 11.6 Å². The van der Waals surface area contributed by atoms with Crippen LogP contribution in [-0.2, 0) is 26.9 Å². The Morgan fingerprint density at radius 1 is 1.33 bits per heavy atom. The summed E-state index contributed by atoms with van der Waals surface area (Å²) < 4.78 is 13.7. The topological polar surface area (TPSA) is 89.3 Å². The molecule has 6 nitrogen and oxygen atoms in total. The van der Waals surface area contributed by atoms with Crippen molar-refractivity contribution in [2.24, 2.45) is 5.92 Å². The van der Waals surface area contributed by atoms with Gasteiger partial charge in [-0.3, -0.25) is 18.5 Å². The lowest BCUT2D eigenvalue weighted by atomic mass is 9.80. The minimum Gasteiger partial charge on any atom is -0.511 e. The minimum atomic E-state index is -1.34. The summed E-state index contributed by atoms with van der Waals surface area (Å²) in [5.74, 6) is -1.29. The maximum Gasteiger partial charge on any atom is 0.170 e. The second kappa shape index (κ2) is 6.44. The number of carbonyl (C=O) groups excluding carboxylic acids is 2. The van der Waals surface area contributed by atoms with Crippen LogP contribution in [0.4, 0.5) is 0 Å². The molecule has 2 aliphatic rings. The number of nitrogens with zero attached hydrogens (tertiary/aromatic N) is 2. The number of hydrogen-bond donors (Lipinski definition) is 1. The second-order valence-corrected chi connectivity index (χ2v) is 7.92. The van der Waals surface area contributed by atoms with E-state index < -0.39 is 16.7 Å². The van der Waals surface area contributed by atoms with Crippen molar-refractivity contribution >= 4 is 34.0 Å². The summed E-state index contributed by atoms with van der Waals surface area (Å²) in [6, 6.07) is 0. The Balaban J connectivity index is 1.98. The lowest BCUT2D eigenvalue weighted by Crippen LogP contribution is -2.27. The first-order chi connectivity index (χ1) is 11.3. The van der Waals surface area contributed by atoms with Crippen LogP contribution in [0.15, 0.2) is 16.4 Å². The van der Waals surface area contributed by atoms with Crippen molar-refractivity contribution in [3.63, 3.8) is 0 Å². The maximum absolute atomic E-state index is 12.4. The molecular weight excluding hydrogens is 352 g/mol. The lowest BCUT2D eigenvalue weighted by molar-refractivity contribution is -0.124. The van der Waals surface area contributed by atoms with E-state index >= 15 is 0 Å². The number of aromatic nitrogens is 2. The van der Waals surface area contributed by atoms with Crippen molar-refractivity contribution in [3.05, 3.63) is 22.0 Å². The summed E-state index contributed by atoms with van der Waals surface area (Å²) >= 11 is 6.21. The van der Waals surface area contributed by atoms with Crippen LogP contribution in [0, 0.1) is 5.92 Å². The van der Waals surface area contributed by atoms with E-state index in [9.17, 15) is 18.9 Å². The molecule has 1 aromatic heterocycles. The number of allylic oxidation sites excluding steroid dienone is 2. The molecule has 0 bridgehead atoms. The van der Waals surface area contributed by atoms with Gasteiger partial charge in [-0.15, -0.1) is 0 Å². The van der Waals surface area contributed by atoms with Crippen molar-refractivity contribution in [2.45, 2.75) is 50.1 Å².